The Bertz CT molecular complexity index is 650. The van der Waals surface area contributed by atoms with Gasteiger partial charge in [-0.2, -0.15) is 13.2 Å². The van der Waals surface area contributed by atoms with Gasteiger partial charge in [-0.15, -0.1) is 12.4 Å². The van der Waals surface area contributed by atoms with Crippen LogP contribution in [0.1, 0.15) is 31.2 Å². The average molecular weight is 434 g/mol. The molecule has 1 N–H and O–H groups in total. The summed E-state index contributed by atoms with van der Waals surface area (Å²) < 4.78 is 42.3. The van der Waals surface area contributed by atoms with Gasteiger partial charge in [-0.25, -0.2) is 0 Å². The highest BCUT2D eigenvalue weighted by molar-refractivity contribution is 5.85. The van der Waals surface area contributed by atoms with Crippen LogP contribution in [-0.2, 0) is 11.3 Å². The lowest BCUT2D eigenvalue weighted by atomic mass is 9.83. The fourth-order valence-electron chi connectivity index (χ4n) is 4.47. The zero-order chi connectivity index (χ0) is 20.2. The number of alkyl halides is 3. The van der Waals surface area contributed by atoms with Gasteiger partial charge in [-0.3, -0.25) is 9.69 Å². The number of rotatable bonds is 6. The van der Waals surface area contributed by atoms with Crippen molar-refractivity contribution in [1.29, 1.82) is 0 Å². The number of halogens is 4. The molecule has 1 amide bonds. The Morgan fingerprint density at radius 3 is 2.41 bits per heavy atom. The van der Waals surface area contributed by atoms with Crippen LogP contribution in [0.25, 0.3) is 0 Å². The van der Waals surface area contributed by atoms with Crippen molar-refractivity contribution in [2.24, 2.45) is 11.3 Å². The monoisotopic (exact) mass is 433 g/mol. The van der Waals surface area contributed by atoms with E-state index >= 15 is 0 Å². The summed E-state index contributed by atoms with van der Waals surface area (Å²) in [5.41, 5.74) is -1.29. The topological polar surface area (TPSA) is 35.6 Å². The fourth-order valence-corrected chi connectivity index (χ4v) is 4.47. The first kappa shape index (κ1) is 24.0. The Kier molecular flexibility index (Phi) is 8.37. The average Bonchev–Trinajstić information content (AvgIpc) is 3.12. The van der Waals surface area contributed by atoms with Gasteiger partial charge in [-0.1, -0.05) is 30.3 Å². The van der Waals surface area contributed by atoms with Crippen molar-refractivity contribution in [3.05, 3.63) is 35.9 Å². The molecule has 2 aliphatic heterocycles. The number of likely N-dealkylation sites (tertiary alicyclic amines) is 2. The molecule has 2 heterocycles. The molecule has 8 heteroatoms. The van der Waals surface area contributed by atoms with Gasteiger partial charge in [0.05, 0.1) is 0 Å². The smallest absolute Gasteiger partial charge is 0.342 e. The van der Waals surface area contributed by atoms with Crippen molar-refractivity contribution in [3.63, 3.8) is 0 Å². The predicted molar refractivity (Wildman–Crippen MR) is 110 cm³/mol. The largest absolute Gasteiger partial charge is 0.404 e. The maximum Gasteiger partial charge on any atom is 0.404 e. The van der Waals surface area contributed by atoms with E-state index < -0.39 is 17.5 Å². The summed E-state index contributed by atoms with van der Waals surface area (Å²) >= 11 is 0. The number of hydrogen-bond donors (Lipinski definition) is 1. The standard InChI is InChI=1S/C21H30F3N3O.ClH/c1-25-11-7-17-8-12-27(13-9-17)19(28)20(21(22,23)24)10-14-26(16-20)15-18-5-3-2-4-6-18;/h2-6,17,25H,7-16H2,1H3;1H. The maximum absolute atomic E-state index is 14.1. The number of nitrogens with zero attached hydrogens (tertiary/aromatic N) is 2. The van der Waals surface area contributed by atoms with Crippen LogP contribution in [0.5, 0.6) is 0 Å². The zero-order valence-corrected chi connectivity index (χ0v) is 17.7. The molecule has 164 valence electrons. The molecule has 0 bridgehead atoms. The summed E-state index contributed by atoms with van der Waals surface area (Å²) in [5.74, 6) is -0.237. The molecule has 2 fully saturated rings. The zero-order valence-electron chi connectivity index (χ0n) is 16.9. The molecule has 2 saturated heterocycles. The normalized spacial score (nSPS) is 23.8. The minimum Gasteiger partial charge on any atom is -0.342 e. The molecule has 29 heavy (non-hydrogen) atoms. The van der Waals surface area contributed by atoms with Crippen LogP contribution >= 0.6 is 12.4 Å². The van der Waals surface area contributed by atoms with Gasteiger partial charge < -0.3 is 10.2 Å². The van der Waals surface area contributed by atoms with E-state index in [1.807, 2.05) is 37.4 Å². The Labute approximate surface area is 177 Å². The molecule has 1 aromatic rings. The Morgan fingerprint density at radius 1 is 1.17 bits per heavy atom. The Hall–Kier alpha value is -1.31. The number of piperidine rings is 1. The SMILES string of the molecule is CNCCC1CCN(C(=O)C2(C(F)(F)F)CCN(Cc3ccccc3)C2)CC1.Cl. The number of amides is 1. The van der Waals surface area contributed by atoms with Crippen LogP contribution in [0.4, 0.5) is 13.2 Å². The number of carbonyl (C=O) groups is 1. The van der Waals surface area contributed by atoms with Crippen molar-refractivity contribution in [2.75, 3.05) is 39.8 Å². The van der Waals surface area contributed by atoms with Crippen molar-refractivity contribution >= 4 is 18.3 Å². The lowest BCUT2D eigenvalue weighted by Crippen LogP contribution is -2.55. The number of carbonyl (C=O) groups excluding carboxylic acids is 1. The maximum atomic E-state index is 14.1. The molecular weight excluding hydrogens is 403 g/mol. The van der Waals surface area contributed by atoms with E-state index in [-0.39, 0.29) is 25.4 Å². The van der Waals surface area contributed by atoms with E-state index in [9.17, 15) is 18.0 Å². The van der Waals surface area contributed by atoms with Crippen molar-refractivity contribution in [1.82, 2.24) is 15.1 Å². The van der Waals surface area contributed by atoms with Crippen molar-refractivity contribution < 1.29 is 18.0 Å². The van der Waals surface area contributed by atoms with Gasteiger partial charge in [0.1, 0.15) is 0 Å². The van der Waals surface area contributed by atoms with E-state index in [4.69, 9.17) is 0 Å². The highest BCUT2D eigenvalue weighted by Crippen LogP contribution is 2.47. The van der Waals surface area contributed by atoms with Crippen LogP contribution in [0.2, 0.25) is 0 Å². The fraction of sp³-hybridized carbons (Fsp3) is 0.667. The molecule has 0 radical (unpaired) electrons. The van der Waals surface area contributed by atoms with E-state index in [0.29, 0.717) is 32.1 Å². The van der Waals surface area contributed by atoms with Gasteiger partial charge in [0, 0.05) is 26.2 Å². The van der Waals surface area contributed by atoms with Crippen LogP contribution < -0.4 is 5.32 Å². The molecule has 2 aliphatic rings. The highest BCUT2D eigenvalue weighted by atomic mass is 35.5. The summed E-state index contributed by atoms with van der Waals surface area (Å²) in [5, 5.41) is 3.11. The van der Waals surface area contributed by atoms with Gasteiger partial charge in [0.2, 0.25) is 5.91 Å². The van der Waals surface area contributed by atoms with Crippen LogP contribution in [0, 0.1) is 11.3 Å². The second-order valence-electron chi connectivity index (χ2n) is 8.15. The van der Waals surface area contributed by atoms with Gasteiger partial charge in [0.15, 0.2) is 5.41 Å². The molecule has 3 rings (SSSR count). The summed E-state index contributed by atoms with van der Waals surface area (Å²) in [6, 6.07) is 9.46. The summed E-state index contributed by atoms with van der Waals surface area (Å²) in [6.07, 6.45) is -2.10. The minimum atomic E-state index is -4.53. The quantitative estimate of drug-likeness (QED) is 0.742. The predicted octanol–water partition coefficient (Wildman–Crippen LogP) is 3.71. The third-order valence-corrected chi connectivity index (χ3v) is 6.25. The molecule has 1 atom stereocenters. The molecule has 4 nitrogen and oxygen atoms in total. The second-order valence-corrected chi connectivity index (χ2v) is 8.15. The van der Waals surface area contributed by atoms with Gasteiger partial charge >= 0.3 is 6.18 Å². The van der Waals surface area contributed by atoms with Crippen LogP contribution in [0.3, 0.4) is 0 Å². The number of nitrogens with one attached hydrogen (secondary N) is 1. The Balaban J connectivity index is 0.00000300. The lowest BCUT2D eigenvalue weighted by Gasteiger charge is -2.39. The van der Waals surface area contributed by atoms with Gasteiger partial charge in [-0.05, 0) is 57.3 Å². The second kappa shape index (κ2) is 10.1. The summed E-state index contributed by atoms with van der Waals surface area (Å²) in [7, 11) is 1.90. The minimum absolute atomic E-state index is 0. The molecule has 0 spiro atoms. The molecule has 0 aliphatic carbocycles. The molecular formula is C21H31ClF3N3O. The van der Waals surface area contributed by atoms with Crippen LogP contribution in [-0.4, -0.2) is 61.7 Å². The number of hydrogen-bond acceptors (Lipinski definition) is 3. The summed E-state index contributed by atoms with van der Waals surface area (Å²) in [6.45, 7) is 2.26. The van der Waals surface area contributed by atoms with Crippen molar-refractivity contribution in [3.8, 4) is 0 Å². The molecule has 0 aromatic heterocycles. The van der Waals surface area contributed by atoms with E-state index in [0.717, 1.165) is 31.4 Å². The van der Waals surface area contributed by atoms with E-state index in [2.05, 4.69) is 5.32 Å². The molecule has 1 unspecified atom stereocenters. The molecule has 0 saturated carbocycles. The first-order valence-corrected chi connectivity index (χ1v) is 10.1. The van der Waals surface area contributed by atoms with E-state index in [1.165, 1.54) is 4.90 Å². The third kappa shape index (κ3) is 5.44. The first-order chi connectivity index (χ1) is 13.4. The first-order valence-electron chi connectivity index (χ1n) is 10.1. The number of benzene rings is 1. The molecule has 1 aromatic carbocycles. The Morgan fingerprint density at radius 2 is 1.83 bits per heavy atom. The lowest BCUT2D eigenvalue weighted by molar-refractivity contribution is -0.224. The van der Waals surface area contributed by atoms with Gasteiger partial charge in [0.25, 0.3) is 0 Å². The van der Waals surface area contributed by atoms with Crippen LogP contribution in [0.15, 0.2) is 30.3 Å². The highest BCUT2D eigenvalue weighted by Gasteiger charge is 2.64. The van der Waals surface area contributed by atoms with Crippen molar-refractivity contribution in [2.45, 2.75) is 38.4 Å². The third-order valence-electron chi connectivity index (χ3n) is 6.25. The summed E-state index contributed by atoms with van der Waals surface area (Å²) in [4.78, 5) is 16.3. The van der Waals surface area contributed by atoms with E-state index in [1.54, 1.807) is 4.90 Å².